The molecule has 0 N–H and O–H groups in total. The lowest BCUT2D eigenvalue weighted by Crippen LogP contribution is -2.12. The van der Waals surface area contributed by atoms with Gasteiger partial charge in [-0.15, -0.1) is 0 Å². The number of esters is 2. The van der Waals surface area contributed by atoms with E-state index in [0.717, 1.165) is 10.8 Å². The van der Waals surface area contributed by atoms with Gasteiger partial charge in [0.25, 0.3) is 5.69 Å². The number of carbonyl (C=O) groups excluding carboxylic acids is 2. The Labute approximate surface area is 147 Å². The quantitative estimate of drug-likeness (QED) is 0.307. The molecule has 7 nitrogen and oxygen atoms in total. The second-order valence-electron chi connectivity index (χ2n) is 5.38. The number of benzene rings is 3. The molecule has 7 heteroatoms. The average Bonchev–Trinajstić information content (AvgIpc) is 2.66. The fraction of sp³-hybridized carbons (Fsp3) is 0.0526. The minimum absolute atomic E-state index is 0.0545. The Morgan fingerprint density at radius 2 is 1.54 bits per heavy atom. The molecule has 0 aliphatic carbocycles. The van der Waals surface area contributed by atoms with Crippen LogP contribution in [0.4, 0.5) is 5.69 Å². The van der Waals surface area contributed by atoms with E-state index in [1.165, 1.54) is 31.4 Å². The molecule has 0 bridgehead atoms. The number of hydrogen-bond donors (Lipinski definition) is 0. The van der Waals surface area contributed by atoms with Gasteiger partial charge in [0.1, 0.15) is 11.3 Å². The van der Waals surface area contributed by atoms with Gasteiger partial charge >= 0.3 is 11.9 Å². The van der Waals surface area contributed by atoms with Gasteiger partial charge in [-0.3, -0.25) is 10.1 Å². The van der Waals surface area contributed by atoms with Gasteiger partial charge in [0.05, 0.1) is 17.6 Å². The van der Waals surface area contributed by atoms with Crippen LogP contribution in [0.2, 0.25) is 0 Å². The molecule has 3 aromatic carbocycles. The van der Waals surface area contributed by atoms with Gasteiger partial charge in [-0.1, -0.05) is 24.3 Å². The number of rotatable bonds is 4. The molecule has 130 valence electrons. The summed E-state index contributed by atoms with van der Waals surface area (Å²) < 4.78 is 10.1. The number of methoxy groups -OCH3 is 1. The number of ether oxygens (including phenoxy) is 2. The summed E-state index contributed by atoms with van der Waals surface area (Å²) in [5.74, 6) is -1.32. The third-order valence-corrected chi connectivity index (χ3v) is 3.77. The first-order chi connectivity index (χ1) is 12.5. The van der Waals surface area contributed by atoms with Crippen molar-refractivity contribution < 1.29 is 24.0 Å². The summed E-state index contributed by atoms with van der Waals surface area (Å²) in [4.78, 5) is 34.5. The van der Waals surface area contributed by atoms with Gasteiger partial charge in [-0.25, -0.2) is 9.59 Å². The number of fused-ring (bicyclic) bond motifs is 1. The maximum absolute atomic E-state index is 12.4. The highest BCUT2D eigenvalue weighted by atomic mass is 16.6. The van der Waals surface area contributed by atoms with Crippen LogP contribution in [-0.2, 0) is 4.74 Å². The standard InChI is InChI=1S/C19H13NO6/c1-25-19(22)16-10-13-4-2-3-5-14(13)11-17(16)26-18(21)12-6-8-15(9-7-12)20(23)24/h2-11H,1H3. The Balaban J connectivity index is 1.97. The lowest BCUT2D eigenvalue weighted by atomic mass is 10.1. The third-order valence-electron chi connectivity index (χ3n) is 3.77. The summed E-state index contributed by atoms with van der Waals surface area (Å²) >= 11 is 0. The van der Waals surface area contributed by atoms with E-state index >= 15 is 0 Å². The number of nitrogens with zero attached hydrogens (tertiary/aromatic N) is 1. The molecule has 0 spiro atoms. The van der Waals surface area contributed by atoms with Gasteiger partial charge in [-0.05, 0) is 35.0 Å². The second kappa shape index (κ2) is 7.02. The zero-order valence-electron chi connectivity index (χ0n) is 13.7. The molecule has 26 heavy (non-hydrogen) atoms. The molecule has 0 atom stereocenters. The van der Waals surface area contributed by atoms with Crippen LogP contribution in [0.25, 0.3) is 10.8 Å². The summed E-state index contributed by atoms with van der Waals surface area (Å²) in [5.41, 5.74) is 0.101. The van der Waals surface area contributed by atoms with Gasteiger partial charge in [-0.2, -0.15) is 0 Å². The maximum atomic E-state index is 12.4. The topological polar surface area (TPSA) is 95.7 Å². The van der Waals surface area contributed by atoms with Crippen LogP contribution in [0.15, 0.2) is 60.7 Å². The molecule has 3 rings (SSSR count). The fourth-order valence-electron chi connectivity index (χ4n) is 2.45. The molecular weight excluding hydrogens is 338 g/mol. The molecule has 0 aromatic heterocycles. The van der Waals surface area contributed by atoms with E-state index in [1.54, 1.807) is 12.1 Å². The number of nitro groups is 1. The van der Waals surface area contributed by atoms with Crippen LogP contribution < -0.4 is 4.74 Å². The van der Waals surface area contributed by atoms with Crippen molar-refractivity contribution in [3.05, 3.63) is 81.9 Å². The normalized spacial score (nSPS) is 10.3. The van der Waals surface area contributed by atoms with Gasteiger partial charge in [0, 0.05) is 12.1 Å². The number of non-ortho nitro benzene ring substituents is 1. The fourth-order valence-corrected chi connectivity index (χ4v) is 2.45. The Morgan fingerprint density at radius 1 is 0.923 bits per heavy atom. The number of nitro benzene ring substituents is 1. The molecule has 0 radical (unpaired) electrons. The van der Waals surface area contributed by atoms with Crippen LogP contribution in [0.1, 0.15) is 20.7 Å². The maximum Gasteiger partial charge on any atom is 0.343 e. The van der Waals surface area contributed by atoms with Crippen molar-refractivity contribution in [1.29, 1.82) is 0 Å². The van der Waals surface area contributed by atoms with E-state index in [1.807, 2.05) is 24.3 Å². The molecule has 0 fully saturated rings. The molecule has 3 aromatic rings. The summed E-state index contributed by atoms with van der Waals surface area (Å²) in [6.45, 7) is 0. The van der Waals surface area contributed by atoms with Gasteiger partial charge < -0.3 is 9.47 Å². The summed E-state index contributed by atoms with van der Waals surface area (Å²) in [5, 5.41) is 12.3. The first-order valence-corrected chi connectivity index (χ1v) is 7.57. The minimum atomic E-state index is -0.736. The second-order valence-corrected chi connectivity index (χ2v) is 5.38. The largest absolute Gasteiger partial charge is 0.465 e. The van der Waals surface area contributed by atoms with Crippen molar-refractivity contribution >= 4 is 28.4 Å². The molecular formula is C19H13NO6. The van der Waals surface area contributed by atoms with Crippen molar-refractivity contribution in [1.82, 2.24) is 0 Å². The van der Waals surface area contributed by atoms with E-state index in [4.69, 9.17) is 9.47 Å². The SMILES string of the molecule is COC(=O)c1cc2ccccc2cc1OC(=O)c1ccc([N+](=O)[O-])cc1. The first-order valence-electron chi connectivity index (χ1n) is 7.57. The number of carbonyl (C=O) groups is 2. The highest BCUT2D eigenvalue weighted by Crippen LogP contribution is 2.27. The Hall–Kier alpha value is -3.74. The lowest BCUT2D eigenvalue weighted by molar-refractivity contribution is -0.384. The monoisotopic (exact) mass is 351 g/mol. The molecule has 0 heterocycles. The summed E-state index contributed by atoms with van der Waals surface area (Å²) in [6, 6.07) is 15.4. The van der Waals surface area contributed by atoms with E-state index < -0.39 is 16.9 Å². The lowest BCUT2D eigenvalue weighted by Gasteiger charge is -2.10. The minimum Gasteiger partial charge on any atom is -0.465 e. The molecule has 0 saturated carbocycles. The third kappa shape index (κ3) is 3.36. The summed E-state index contributed by atoms with van der Waals surface area (Å²) in [7, 11) is 1.24. The van der Waals surface area contributed by atoms with Crippen LogP contribution in [0, 0.1) is 10.1 Å². The Bertz CT molecular complexity index is 1010. The van der Waals surface area contributed by atoms with Gasteiger partial charge in [0.15, 0.2) is 0 Å². The Kier molecular flexibility index (Phi) is 4.62. The Morgan fingerprint density at radius 3 is 2.12 bits per heavy atom. The molecule has 0 saturated heterocycles. The van der Waals surface area contributed by atoms with Gasteiger partial charge in [0.2, 0.25) is 0 Å². The van der Waals surface area contributed by atoms with Crippen molar-refractivity contribution in [3.8, 4) is 5.75 Å². The zero-order valence-corrected chi connectivity index (χ0v) is 13.7. The first kappa shape index (κ1) is 17.1. The summed E-state index contributed by atoms with van der Waals surface area (Å²) in [6.07, 6.45) is 0. The average molecular weight is 351 g/mol. The van der Waals surface area contributed by atoms with Crippen LogP contribution >= 0.6 is 0 Å². The molecule has 0 amide bonds. The van der Waals surface area contributed by atoms with Crippen molar-refractivity contribution in [3.63, 3.8) is 0 Å². The molecule has 0 aliphatic heterocycles. The van der Waals surface area contributed by atoms with Crippen LogP contribution in [-0.4, -0.2) is 24.0 Å². The zero-order chi connectivity index (χ0) is 18.7. The van der Waals surface area contributed by atoms with Crippen molar-refractivity contribution in [2.75, 3.05) is 7.11 Å². The highest BCUT2D eigenvalue weighted by Gasteiger charge is 2.19. The predicted molar refractivity (Wildman–Crippen MR) is 93.3 cm³/mol. The van der Waals surface area contributed by atoms with E-state index in [-0.39, 0.29) is 22.6 Å². The number of hydrogen-bond acceptors (Lipinski definition) is 6. The predicted octanol–water partition coefficient (Wildman–Crippen LogP) is 3.75. The van der Waals surface area contributed by atoms with Crippen molar-refractivity contribution in [2.24, 2.45) is 0 Å². The van der Waals surface area contributed by atoms with Crippen LogP contribution in [0.3, 0.4) is 0 Å². The van der Waals surface area contributed by atoms with E-state index in [0.29, 0.717) is 0 Å². The molecule has 0 aliphatic rings. The van der Waals surface area contributed by atoms with E-state index in [2.05, 4.69) is 0 Å². The molecule has 0 unspecified atom stereocenters. The smallest absolute Gasteiger partial charge is 0.343 e. The van der Waals surface area contributed by atoms with E-state index in [9.17, 15) is 19.7 Å². The highest BCUT2D eigenvalue weighted by molar-refractivity contribution is 6.00. The van der Waals surface area contributed by atoms with Crippen LogP contribution in [0.5, 0.6) is 5.75 Å². The van der Waals surface area contributed by atoms with Crippen molar-refractivity contribution in [2.45, 2.75) is 0 Å².